The molecule has 1 heterocycles. The number of rotatable bonds is 5. The van der Waals surface area contributed by atoms with Gasteiger partial charge in [-0.15, -0.1) is 10.2 Å². The molecule has 1 amide bonds. The van der Waals surface area contributed by atoms with Gasteiger partial charge in [-0.05, 0) is 41.5 Å². The summed E-state index contributed by atoms with van der Waals surface area (Å²) in [6.07, 6.45) is 4.63. The van der Waals surface area contributed by atoms with Gasteiger partial charge in [-0.2, -0.15) is 0 Å². The van der Waals surface area contributed by atoms with Gasteiger partial charge in [0.1, 0.15) is 5.01 Å². The zero-order valence-electron chi connectivity index (χ0n) is 13.9. The van der Waals surface area contributed by atoms with Gasteiger partial charge in [0, 0.05) is 6.42 Å². The summed E-state index contributed by atoms with van der Waals surface area (Å²) in [5.41, 5.74) is 5.08. The fourth-order valence-electron chi connectivity index (χ4n) is 3.23. The summed E-state index contributed by atoms with van der Waals surface area (Å²) in [4.78, 5) is 12.3. The lowest BCUT2D eigenvalue weighted by molar-refractivity contribution is -0.115. The number of carbonyl (C=O) groups excluding carboxylic acids is 1. The van der Waals surface area contributed by atoms with E-state index in [2.05, 4.69) is 45.8 Å². The molecule has 0 fully saturated rings. The number of amides is 1. The molecule has 3 aromatic rings. The molecule has 5 heteroatoms. The average molecular weight is 349 g/mol. The van der Waals surface area contributed by atoms with Gasteiger partial charge < -0.3 is 5.32 Å². The van der Waals surface area contributed by atoms with Crippen LogP contribution >= 0.6 is 11.3 Å². The standard InChI is InChI=1S/C20H19N3OS/c24-18(12-15-9-10-16-7-4-8-17(16)11-15)21-20-23-22-19(25-20)13-14-5-2-1-3-6-14/h1-3,5-6,9-11H,4,7-8,12-13H2,(H,21,23,24). The Labute approximate surface area is 150 Å². The van der Waals surface area contributed by atoms with Crippen molar-refractivity contribution >= 4 is 22.4 Å². The van der Waals surface area contributed by atoms with Crippen LogP contribution < -0.4 is 5.32 Å². The number of hydrogen-bond acceptors (Lipinski definition) is 4. The SMILES string of the molecule is O=C(Cc1ccc2c(c1)CCC2)Nc1nnc(Cc2ccccc2)s1. The van der Waals surface area contributed by atoms with E-state index < -0.39 is 0 Å². The highest BCUT2D eigenvalue weighted by molar-refractivity contribution is 7.15. The third kappa shape index (κ3) is 3.94. The third-order valence-corrected chi connectivity index (χ3v) is 5.28. The van der Waals surface area contributed by atoms with Gasteiger partial charge >= 0.3 is 0 Å². The van der Waals surface area contributed by atoms with Crippen LogP contribution in [0, 0.1) is 0 Å². The van der Waals surface area contributed by atoms with E-state index in [1.165, 1.54) is 34.4 Å². The van der Waals surface area contributed by atoms with Crippen LogP contribution in [0.15, 0.2) is 48.5 Å². The number of nitrogens with one attached hydrogen (secondary N) is 1. The fourth-order valence-corrected chi connectivity index (χ4v) is 4.02. The second-order valence-corrected chi connectivity index (χ2v) is 7.41. The Kier molecular flexibility index (Phi) is 4.57. The zero-order valence-corrected chi connectivity index (χ0v) is 14.7. The van der Waals surface area contributed by atoms with Crippen LogP contribution in [0.3, 0.4) is 0 Å². The first-order valence-corrected chi connectivity index (χ1v) is 9.35. The molecular weight excluding hydrogens is 330 g/mol. The molecular formula is C20H19N3OS. The van der Waals surface area contributed by atoms with Crippen molar-refractivity contribution in [2.45, 2.75) is 32.1 Å². The predicted molar refractivity (Wildman–Crippen MR) is 100.0 cm³/mol. The third-order valence-electron chi connectivity index (χ3n) is 4.44. The minimum Gasteiger partial charge on any atom is -0.300 e. The highest BCUT2D eigenvalue weighted by atomic mass is 32.1. The molecule has 0 spiro atoms. The van der Waals surface area contributed by atoms with E-state index in [1.807, 2.05) is 18.2 Å². The first-order valence-electron chi connectivity index (χ1n) is 8.53. The molecule has 0 bridgehead atoms. The lowest BCUT2D eigenvalue weighted by atomic mass is 10.0. The Morgan fingerprint density at radius 3 is 2.72 bits per heavy atom. The van der Waals surface area contributed by atoms with E-state index in [-0.39, 0.29) is 5.91 Å². The molecule has 1 N–H and O–H groups in total. The molecule has 1 aromatic heterocycles. The van der Waals surface area contributed by atoms with Crippen LogP contribution in [0.1, 0.15) is 33.7 Å². The molecule has 2 aromatic carbocycles. The van der Waals surface area contributed by atoms with E-state index in [1.54, 1.807) is 0 Å². The maximum atomic E-state index is 12.3. The molecule has 0 radical (unpaired) electrons. The van der Waals surface area contributed by atoms with Gasteiger partial charge in [0.15, 0.2) is 0 Å². The van der Waals surface area contributed by atoms with Crippen molar-refractivity contribution in [3.63, 3.8) is 0 Å². The lowest BCUT2D eigenvalue weighted by Crippen LogP contribution is -2.14. The molecule has 0 atom stereocenters. The zero-order chi connectivity index (χ0) is 17.1. The molecule has 25 heavy (non-hydrogen) atoms. The Hall–Kier alpha value is -2.53. The molecule has 0 aliphatic heterocycles. The largest absolute Gasteiger partial charge is 0.300 e. The van der Waals surface area contributed by atoms with Crippen molar-refractivity contribution in [3.05, 3.63) is 75.8 Å². The molecule has 4 rings (SSSR count). The highest BCUT2D eigenvalue weighted by Crippen LogP contribution is 2.23. The van der Waals surface area contributed by atoms with E-state index in [0.29, 0.717) is 11.6 Å². The number of aryl methyl sites for hydroxylation is 2. The summed E-state index contributed by atoms with van der Waals surface area (Å²) in [6, 6.07) is 16.5. The Bertz CT molecular complexity index is 889. The number of hydrogen-bond donors (Lipinski definition) is 1. The van der Waals surface area contributed by atoms with E-state index >= 15 is 0 Å². The quantitative estimate of drug-likeness (QED) is 0.762. The minimum atomic E-state index is -0.0413. The molecule has 0 unspecified atom stereocenters. The lowest BCUT2D eigenvalue weighted by Gasteiger charge is -2.04. The summed E-state index contributed by atoms with van der Waals surface area (Å²) in [5, 5.41) is 12.6. The van der Waals surface area contributed by atoms with Crippen LogP contribution in [0.25, 0.3) is 0 Å². The molecule has 0 saturated heterocycles. The second-order valence-electron chi connectivity index (χ2n) is 6.34. The number of benzene rings is 2. The first-order chi connectivity index (χ1) is 12.3. The first kappa shape index (κ1) is 16.0. The average Bonchev–Trinajstić information content (AvgIpc) is 3.24. The van der Waals surface area contributed by atoms with Crippen molar-refractivity contribution in [3.8, 4) is 0 Å². The van der Waals surface area contributed by atoms with E-state index in [9.17, 15) is 4.79 Å². The number of anilines is 1. The summed E-state index contributed by atoms with van der Waals surface area (Å²) in [7, 11) is 0. The monoisotopic (exact) mass is 349 g/mol. The second kappa shape index (κ2) is 7.15. The molecule has 0 saturated carbocycles. The normalized spacial score (nSPS) is 12.8. The minimum absolute atomic E-state index is 0.0413. The molecule has 1 aliphatic rings. The fraction of sp³-hybridized carbons (Fsp3) is 0.250. The van der Waals surface area contributed by atoms with Gasteiger partial charge in [0.25, 0.3) is 0 Å². The summed E-state index contributed by atoms with van der Waals surface area (Å²) < 4.78 is 0. The van der Waals surface area contributed by atoms with E-state index in [0.717, 1.165) is 29.8 Å². The van der Waals surface area contributed by atoms with Crippen molar-refractivity contribution in [1.82, 2.24) is 10.2 Å². The van der Waals surface area contributed by atoms with Gasteiger partial charge in [-0.25, -0.2) is 0 Å². The number of fused-ring (bicyclic) bond motifs is 1. The molecule has 4 nitrogen and oxygen atoms in total. The van der Waals surface area contributed by atoms with Crippen LogP contribution in [0.4, 0.5) is 5.13 Å². The summed E-state index contributed by atoms with van der Waals surface area (Å²) >= 11 is 1.43. The topological polar surface area (TPSA) is 54.9 Å². The van der Waals surface area contributed by atoms with Crippen LogP contribution in [-0.2, 0) is 30.5 Å². The Morgan fingerprint density at radius 1 is 1.00 bits per heavy atom. The highest BCUT2D eigenvalue weighted by Gasteiger charge is 2.13. The number of carbonyl (C=O) groups is 1. The molecule has 126 valence electrons. The van der Waals surface area contributed by atoms with Crippen molar-refractivity contribution in [2.24, 2.45) is 0 Å². The molecule has 1 aliphatic carbocycles. The predicted octanol–water partition coefficient (Wildman–Crippen LogP) is 3.80. The number of aromatic nitrogens is 2. The van der Waals surface area contributed by atoms with Crippen molar-refractivity contribution < 1.29 is 4.79 Å². The summed E-state index contributed by atoms with van der Waals surface area (Å²) in [5.74, 6) is -0.0413. The van der Waals surface area contributed by atoms with Gasteiger partial charge in [0.05, 0.1) is 6.42 Å². The van der Waals surface area contributed by atoms with Gasteiger partial charge in [-0.3, -0.25) is 4.79 Å². The van der Waals surface area contributed by atoms with Crippen LogP contribution in [0.5, 0.6) is 0 Å². The van der Waals surface area contributed by atoms with Gasteiger partial charge in [-0.1, -0.05) is 59.9 Å². The maximum Gasteiger partial charge on any atom is 0.230 e. The van der Waals surface area contributed by atoms with E-state index in [4.69, 9.17) is 0 Å². The maximum absolute atomic E-state index is 12.3. The smallest absolute Gasteiger partial charge is 0.230 e. The van der Waals surface area contributed by atoms with Crippen molar-refractivity contribution in [2.75, 3.05) is 5.32 Å². The van der Waals surface area contributed by atoms with Crippen LogP contribution in [0.2, 0.25) is 0 Å². The van der Waals surface area contributed by atoms with Crippen LogP contribution in [-0.4, -0.2) is 16.1 Å². The Morgan fingerprint density at radius 2 is 1.84 bits per heavy atom. The van der Waals surface area contributed by atoms with Gasteiger partial charge in [0.2, 0.25) is 11.0 Å². The summed E-state index contributed by atoms with van der Waals surface area (Å²) in [6.45, 7) is 0. The Balaban J connectivity index is 1.36. The number of nitrogens with zero attached hydrogens (tertiary/aromatic N) is 2. The van der Waals surface area contributed by atoms with Crippen molar-refractivity contribution in [1.29, 1.82) is 0 Å².